The first kappa shape index (κ1) is 15.6. The van der Waals surface area contributed by atoms with Crippen molar-refractivity contribution in [1.29, 1.82) is 0 Å². The summed E-state index contributed by atoms with van der Waals surface area (Å²) in [5.74, 6) is 1.54. The molecule has 4 bridgehead atoms. The van der Waals surface area contributed by atoms with E-state index < -0.39 is 5.91 Å². The Labute approximate surface area is 140 Å². The summed E-state index contributed by atoms with van der Waals surface area (Å²) in [5, 5.41) is 2.61. The fraction of sp³-hybridized carbons (Fsp3) is 0.579. The zero-order chi connectivity index (χ0) is 16.7. The summed E-state index contributed by atoms with van der Waals surface area (Å²) in [6.45, 7) is -0.279. The van der Waals surface area contributed by atoms with Gasteiger partial charge in [0.2, 0.25) is 0 Å². The summed E-state index contributed by atoms with van der Waals surface area (Å²) in [6.07, 6.45) is 5.93. The fourth-order valence-electron chi connectivity index (χ4n) is 5.27. The molecule has 0 radical (unpaired) electrons. The molecule has 1 amide bonds. The quantitative estimate of drug-likeness (QED) is 0.861. The van der Waals surface area contributed by atoms with Crippen LogP contribution in [0.2, 0.25) is 0 Å². The van der Waals surface area contributed by atoms with Crippen molar-refractivity contribution in [1.82, 2.24) is 0 Å². The topological polar surface area (TPSA) is 55.4 Å². The molecule has 4 aliphatic carbocycles. The molecule has 0 spiro atoms. The third kappa shape index (κ3) is 3.04. The van der Waals surface area contributed by atoms with Gasteiger partial charge in [0.25, 0.3) is 5.91 Å². The third-order valence-corrected chi connectivity index (χ3v) is 5.97. The van der Waals surface area contributed by atoms with Gasteiger partial charge in [0.05, 0.1) is 5.92 Å². The molecule has 128 valence electrons. The lowest BCUT2D eigenvalue weighted by Gasteiger charge is -2.53. The molecular formula is C19H22FNO3. The van der Waals surface area contributed by atoms with E-state index in [0.29, 0.717) is 17.5 Å². The van der Waals surface area contributed by atoms with E-state index in [2.05, 4.69) is 5.32 Å². The Morgan fingerprint density at radius 2 is 1.58 bits per heavy atom. The second-order valence-electron chi connectivity index (χ2n) is 7.62. The molecule has 0 saturated heterocycles. The maximum atomic E-state index is 12.8. The summed E-state index contributed by atoms with van der Waals surface area (Å²) in [5.41, 5.74) is 0.493. The maximum absolute atomic E-state index is 12.8. The van der Waals surface area contributed by atoms with E-state index in [1.54, 1.807) is 0 Å². The van der Waals surface area contributed by atoms with Crippen LogP contribution in [0.4, 0.5) is 10.1 Å². The van der Waals surface area contributed by atoms with Crippen LogP contribution < -0.4 is 5.32 Å². The van der Waals surface area contributed by atoms with Crippen LogP contribution in [0.15, 0.2) is 24.3 Å². The highest BCUT2D eigenvalue weighted by Crippen LogP contribution is 2.56. The fourth-order valence-corrected chi connectivity index (χ4v) is 5.27. The Morgan fingerprint density at radius 3 is 2.17 bits per heavy atom. The van der Waals surface area contributed by atoms with Gasteiger partial charge in [-0.1, -0.05) is 0 Å². The first-order valence-electron chi connectivity index (χ1n) is 8.80. The summed E-state index contributed by atoms with van der Waals surface area (Å²) >= 11 is 0. The molecule has 0 atom stereocenters. The summed E-state index contributed by atoms with van der Waals surface area (Å²) < 4.78 is 18.1. The van der Waals surface area contributed by atoms with Gasteiger partial charge >= 0.3 is 5.97 Å². The van der Waals surface area contributed by atoms with Crippen LogP contribution in [0, 0.1) is 35.4 Å². The van der Waals surface area contributed by atoms with E-state index in [0.717, 1.165) is 37.5 Å². The summed E-state index contributed by atoms with van der Waals surface area (Å²) in [7, 11) is 0. The minimum absolute atomic E-state index is 0.0172. The van der Waals surface area contributed by atoms with Crippen molar-refractivity contribution in [2.75, 3.05) is 11.9 Å². The maximum Gasteiger partial charge on any atom is 0.310 e. The minimum Gasteiger partial charge on any atom is -0.455 e. The van der Waals surface area contributed by atoms with Gasteiger partial charge in [-0.3, -0.25) is 9.59 Å². The summed E-state index contributed by atoms with van der Waals surface area (Å²) in [6, 6.07) is 5.51. The van der Waals surface area contributed by atoms with Crippen molar-refractivity contribution in [3.63, 3.8) is 0 Å². The molecule has 0 heterocycles. The molecule has 24 heavy (non-hydrogen) atoms. The largest absolute Gasteiger partial charge is 0.455 e. The number of halogens is 1. The second kappa shape index (κ2) is 6.19. The number of amides is 1. The number of hydrogen-bond acceptors (Lipinski definition) is 3. The lowest BCUT2D eigenvalue weighted by Crippen LogP contribution is -2.48. The molecule has 0 unspecified atom stereocenters. The number of carbonyl (C=O) groups is 2. The molecule has 1 aromatic carbocycles. The molecular weight excluding hydrogens is 309 g/mol. The van der Waals surface area contributed by atoms with E-state index in [-0.39, 0.29) is 24.3 Å². The smallest absolute Gasteiger partial charge is 0.310 e. The van der Waals surface area contributed by atoms with Crippen LogP contribution in [0.5, 0.6) is 0 Å². The predicted octanol–water partition coefficient (Wildman–Crippen LogP) is 3.38. The molecule has 1 aromatic rings. The lowest BCUT2D eigenvalue weighted by atomic mass is 9.52. The Kier molecular flexibility index (Phi) is 4.02. The zero-order valence-corrected chi connectivity index (χ0v) is 13.5. The van der Waals surface area contributed by atoms with Crippen LogP contribution in [0.25, 0.3) is 0 Å². The molecule has 4 aliphatic rings. The van der Waals surface area contributed by atoms with Gasteiger partial charge in [-0.15, -0.1) is 0 Å². The van der Waals surface area contributed by atoms with E-state index in [4.69, 9.17) is 4.74 Å². The van der Waals surface area contributed by atoms with Gasteiger partial charge in [-0.25, -0.2) is 4.39 Å². The lowest BCUT2D eigenvalue weighted by molar-refractivity contribution is -0.164. The Morgan fingerprint density at radius 1 is 1.00 bits per heavy atom. The van der Waals surface area contributed by atoms with E-state index >= 15 is 0 Å². The zero-order valence-electron chi connectivity index (χ0n) is 13.5. The summed E-state index contributed by atoms with van der Waals surface area (Å²) in [4.78, 5) is 24.4. The number of ether oxygens (including phenoxy) is 1. The van der Waals surface area contributed by atoms with Gasteiger partial charge in [-0.05, 0) is 80.0 Å². The van der Waals surface area contributed by atoms with Crippen molar-refractivity contribution in [3.8, 4) is 0 Å². The van der Waals surface area contributed by atoms with Gasteiger partial charge in [0.15, 0.2) is 6.61 Å². The average Bonchev–Trinajstić information content (AvgIpc) is 2.54. The number of nitrogens with one attached hydrogen (secondary N) is 1. The van der Waals surface area contributed by atoms with Crippen LogP contribution in [0.3, 0.4) is 0 Å². The van der Waals surface area contributed by atoms with Crippen molar-refractivity contribution in [2.24, 2.45) is 29.6 Å². The molecule has 4 fully saturated rings. The predicted molar refractivity (Wildman–Crippen MR) is 86.5 cm³/mol. The van der Waals surface area contributed by atoms with Gasteiger partial charge in [0.1, 0.15) is 5.82 Å². The molecule has 5 rings (SSSR count). The van der Waals surface area contributed by atoms with Gasteiger partial charge < -0.3 is 10.1 Å². The highest BCUT2D eigenvalue weighted by Gasteiger charge is 2.51. The molecule has 0 aromatic heterocycles. The van der Waals surface area contributed by atoms with E-state index in [1.807, 2.05) is 0 Å². The molecule has 0 aliphatic heterocycles. The number of carbonyl (C=O) groups excluding carboxylic acids is 2. The van der Waals surface area contributed by atoms with Crippen molar-refractivity contribution >= 4 is 17.6 Å². The van der Waals surface area contributed by atoms with Crippen molar-refractivity contribution < 1.29 is 18.7 Å². The number of benzene rings is 1. The van der Waals surface area contributed by atoms with Gasteiger partial charge in [-0.2, -0.15) is 0 Å². The van der Waals surface area contributed by atoms with Crippen molar-refractivity contribution in [2.45, 2.75) is 32.1 Å². The number of rotatable bonds is 4. The Bertz CT molecular complexity index is 615. The molecule has 5 heteroatoms. The van der Waals surface area contributed by atoms with Crippen LogP contribution in [-0.2, 0) is 14.3 Å². The first-order valence-corrected chi connectivity index (χ1v) is 8.80. The molecule has 4 saturated carbocycles. The third-order valence-electron chi connectivity index (χ3n) is 5.97. The molecule has 1 N–H and O–H groups in total. The van der Waals surface area contributed by atoms with Crippen molar-refractivity contribution in [3.05, 3.63) is 30.1 Å². The average molecular weight is 331 g/mol. The first-order chi connectivity index (χ1) is 11.6. The Balaban J connectivity index is 1.30. The second-order valence-corrected chi connectivity index (χ2v) is 7.62. The van der Waals surface area contributed by atoms with E-state index in [1.165, 1.54) is 30.7 Å². The van der Waals surface area contributed by atoms with E-state index in [9.17, 15) is 14.0 Å². The number of hydrogen-bond donors (Lipinski definition) is 1. The molecule has 4 nitrogen and oxygen atoms in total. The van der Waals surface area contributed by atoms with Crippen LogP contribution in [0.1, 0.15) is 32.1 Å². The Hall–Kier alpha value is -1.91. The monoisotopic (exact) mass is 331 g/mol. The standard InChI is InChI=1S/C19H22FNO3/c20-15-1-3-16(4-2-15)21-17(22)10-24-19(23)18-13-6-11-5-12(8-13)9-14(18)7-11/h1-4,11-14,18H,5-10H2,(H,21,22). The van der Waals surface area contributed by atoms with Crippen LogP contribution >= 0.6 is 0 Å². The SMILES string of the molecule is O=C(COC(=O)C1C2CC3CC(C2)CC1C3)Nc1ccc(F)cc1. The van der Waals surface area contributed by atoms with Crippen LogP contribution in [-0.4, -0.2) is 18.5 Å². The normalized spacial score (nSPS) is 33.3. The number of anilines is 1. The highest BCUT2D eigenvalue weighted by atomic mass is 19.1. The highest BCUT2D eigenvalue weighted by molar-refractivity contribution is 5.92. The number of esters is 1. The van der Waals surface area contributed by atoms with Gasteiger partial charge in [0, 0.05) is 5.69 Å². The minimum atomic E-state index is -0.390.